The van der Waals surface area contributed by atoms with E-state index in [-0.39, 0.29) is 36.8 Å². The highest BCUT2D eigenvalue weighted by molar-refractivity contribution is 5.99. The minimum absolute atomic E-state index is 0.0162. The molecule has 3 atom stereocenters. The van der Waals surface area contributed by atoms with E-state index in [1.165, 1.54) is 19.2 Å². The van der Waals surface area contributed by atoms with E-state index in [9.17, 15) is 9.18 Å². The summed E-state index contributed by atoms with van der Waals surface area (Å²) in [5.74, 6) is -0.631. The lowest BCUT2D eigenvalue weighted by Gasteiger charge is -2.35. The second-order valence-corrected chi connectivity index (χ2v) is 6.19. The number of benzene rings is 1. The molecule has 2 aliphatic heterocycles. The van der Waals surface area contributed by atoms with Crippen molar-refractivity contribution in [2.24, 2.45) is 0 Å². The summed E-state index contributed by atoms with van der Waals surface area (Å²) in [5, 5.41) is 0. The van der Waals surface area contributed by atoms with Crippen molar-refractivity contribution in [2.45, 2.75) is 31.0 Å². The van der Waals surface area contributed by atoms with Gasteiger partial charge in [-0.3, -0.25) is 4.90 Å². The first-order valence-electron chi connectivity index (χ1n) is 7.96. The van der Waals surface area contributed by atoms with Crippen molar-refractivity contribution < 1.29 is 23.4 Å². The van der Waals surface area contributed by atoms with Gasteiger partial charge in [-0.1, -0.05) is 12.1 Å². The highest BCUT2D eigenvalue weighted by Gasteiger charge is 2.48. The molecule has 0 spiro atoms. The second kappa shape index (κ2) is 7.01. The molecule has 0 amide bonds. The van der Waals surface area contributed by atoms with Gasteiger partial charge in [0.2, 0.25) is 0 Å². The molecule has 5 nitrogen and oxygen atoms in total. The molecule has 0 radical (unpaired) electrons. The maximum Gasteiger partial charge on any atom is 0.335 e. The molecule has 1 saturated heterocycles. The van der Waals surface area contributed by atoms with E-state index in [4.69, 9.17) is 14.2 Å². The van der Waals surface area contributed by atoms with Crippen LogP contribution in [0, 0.1) is 5.82 Å². The summed E-state index contributed by atoms with van der Waals surface area (Å²) in [6.07, 6.45) is 1.34. The number of ether oxygens (including phenoxy) is 3. The Labute approximate surface area is 141 Å². The fraction of sp³-hybridized carbons (Fsp3) is 0.500. The van der Waals surface area contributed by atoms with Gasteiger partial charge < -0.3 is 14.2 Å². The fourth-order valence-corrected chi connectivity index (χ4v) is 3.78. The molecule has 0 aromatic heterocycles. The van der Waals surface area contributed by atoms with Gasteiger partial charge in [0.05, 0.1) is 18.8 Å². The van der Waals surface area contributed by atoms with Gasteiger partial charge in [-0.05, 0) is 43.2 Å². The smallest absolute Gasteiger partial charge is 0.335 e. The molecule has 1 fully saturated rings. The highest BCUT2D eigenvalue weighted by atomic mass is 19.1. The third-order valence-electron chi connectivity index (χ3n) is 4.97. The van der Waals surface area contributed by atoms with Crippen LogP contribution in [0.5, 0.6) is 0 Å². The number of halogens is 1. The SMILES string of the molecule is COCOC1CC2C(C(=O)OC)=C(c3ccc(F)cc3)CC1N2C. The molecule has 2 aliphatic rings. The van der Waals surface area contributed by atoms with Crippen molar-refractivity contribution >= 4 is 11.5 Å². The van der Waals surface area contributed by atoms with Gasteiger partial charge in [0.1, 0.15) is 12.6 Å². The number of esters is 1. The van der Waals surface area contributed by atoms with Crippen molar-refractivity contribution in [1.29, 1.82) is 0 Å². The number of nitrogens with zero attached hydrogens (tertiary/aromatic N) is 1. The van der Waals surface area contributed by atoms with Crippen LogP contribution in [0.15, 0.2) is 29.8 Å². The van der Waals surface area contributed by atoms with E-state index in [0.717, 1.165) is 11.1 Å². The number of fused-ring (bicyclic) bond motifs is 2. The molecule has 130 valence electrons. The Morgan fingerprint density at radius 3 is 2.62 bits per heavy atom. The molecule has 6 heteroatoms. The summed E-state index contributed by atoms with van der Waals surface area (Å²) >= 11 is 0. The predicted octanol–water partition coefficient (Wildman–Crippen LogP) is 2.22. The van der Waals surface area contributed by atoms with Crippen molar-refractivity contribution in [3.8, 4) is 0 Å². The quantitative estimate of drug-likeness (QED) is 0.610. The average Bonchev–Trinajstić information content (AvgIpc) is 2.79. The Morgan fingerprint density at radius 1 is 1.29 bits per heavy atom. The van der Waals surface area contributed by atoms with E-state index in [1.807, 2.05) is 7.05 Å². The third-order valence-corrected chi connectivity index (χ3v) is 4.97. The van der Waals surface area contributed by atoms with E-state index >= 15 is 0 Å². The van der Waals surface area contributed by atoms with Crippen LogP contribution in [0.2, 0.25) is 0 Å². The molecule has 1 aromatic rings. The Hall–Kier alpha value is -1.76. The van der Waals surface area contributed by atoms with Crippen LogP contribution < -0.4 is 0 Å². The van der Waals surface area contributed by atoms with Crippen LogP contribution in [0.1, 0.15) is 18.4 Å². The Kier molecular flexibility index (Phi) is 4.99. The molecular weight excluding hydrogens is 313 g/mol. The fourth-order valence-electron chi connectivity index (χ4n) is 3.78. The number of hydrogen-bond acceptors (Lipinski definition) is 5. The van der Waals surface area contributed by atoms with Crippen molar-refractivity contribution in [2.75, 3.05) is 28.1 Å². The normalized spacial score (nSPS) is 26.8. The van der Waals surface area contributed by atoms with Gasteiger partial charge in [0, 0.05) is 19.2 Å². The summed E-state index contributed by atoms with van der Waals surface area (Å²) in [6.45, 7) is 0.223. The van der Waals surface area contributed by atoms with Gasteiger partial charge in [-0.15, -0.1) is 0 Å². The maximum absolute atomic E-state index is 13.3. The first kappa shape index (κ1) is 17.1. The summed E-state index contributed by atoms with van der Waals surface area (Å²) in [6, 6.07) is 6.33. The van der Waals surface area contributed by atoms with Crippen LogP contribution in [0.25, 0.3) is 5.57 Å². The number of carbonyl (C=O) groups is 1. The monoisotopic (exact) mass is 335 g/mol. The van der Waals surface area contributed by atoms with Crippen LogP contribution in [0.3, 0.4) is 0 Å². The second-order valence-electron chi connectivity index (χ2n) is 6.19. The summed E-state index contributed by atoms with van der Waals surface area (Å²) in [4.78, 5) is 14.6. The molecule has 1 aromatic carbocycles. The molecule has 3 rings (SSSR count). The van der Waals surface area contributed by atoms with E-state index in [1.54, 1.807) is 19.2 Å². The minimum Gasteiger partial charge on any atom is -0.466 e. The molecule has 2 heterocycles. The van der Waals surface area contributed by atoms with Crippen LogP contribution in [-0.4, -0.2) is 57.1 Å². The van der Waals surface area contributed by atoms with Gasteiger partial charge in [-0.25, -0.2) is 9.18 Å². The van der Waals surface area contributed by atoms with E-state index in [0.29, 0.717) is 18.4 Å². The highest BCUT2D eigenvalue weighted by Crippen LogP contribution is 2.43. The van der Waals surface area contributed by atoms with Crippen molar-refractivity contribution in [1.82, 2.24) is 4.90 Å². The largest absolute Gasteiger partial charge is 0.466 e. The number of rotatable bonds is 5. The number of methoxy groups -OCH3 is 2. The summed E-state index contributed by atoms with van der Waals surface area (Å²) in [5.41, 5.74) is 2.41. The van der Waals surface area contributed by atoms with Crippen LogP contribution in [0.4, 0.5) is 4.39 Å². The summed E-state index contributed by atoms with van der Waals surface area (Å²) in [7, 11) is 4.97. The molecule has 24 heavy (non-hydrogen) atoms. The van der Waals surface area contributed by atoms with Crippen molar-refractivity contribution in [3.05, 3.63) is 41.2 Å². The zero-order valence-corrected chi connectivity index (χ0v) is 14.1. The topological polar surface area (TPSA) is 48.0 Å². The predicted molar refractivity (Wildman–Crippen MR) is 86.7 cm³/mol. The molecule has 3 unspecified atom stereocenters. The zero-order chi connectivity index (χ0) is 17.3. The lowest BCUT2D eigenvalue weighted by atomic mass is 9.88. The summed E-state index contributed by atoms with van der Waals surface area (Å²) < 4.78 is 29.1. The molecule has 2 bridgehead atoms. The Balaban J connectivity index is 1.99. The first-order valence-corrected chi connectivity index (χ1v) is 7.96. The lowest BCUT2D eigenvalue weighted by molar-refractivity contribution is -0.136. The average molecular weight is 335 g/mol. The zero-order valence-electron chi connectivity index (χ0n) is 14.1. The molecular formula is C18H22FNO4. The third kappa shape index (κ3) is 2.97. The standard InChI is InChI=1S/C18H22FNO4/c1-20-14-8-13(11-4-6-12(19)7-5-11)17(18(21)23-3)15(20)9-16(14)24-10-22-2/h4-7,14-16H,8-10H2,1-3H3. The van der Waals surface area contributed by atoms with E-state index in [2.05, 4.69) is 4.90 Å². The number of likely N-dealkylation sites (N-methyl/N-ethyl adjacent to an activating group) is 1. The van der Waals surface area contributed by atoms with Gasteiger partial charge in [0.15, 0.2) is 0 Å². The van der Waals surface area contributed by atoms with Crippen LogP contribution >= 0.6 is 0 Å². The van der Waals surface area contributed by atoms with Gasteiger partial charge in [0.25, 0.3) is 0 Å². The van der Waals surface area contributed by atoms with Gasteiger partial charge in [-0.2, -0.15) is 0 Å². The molecule has 0 N–H and O–H groups in total. The van der Waals surface area contributed by atoms with Gasteiger partial charge >= 0.3 is 5.97 Å². The Morgan fingerprint density at radius 2 is 2.00 bits per heavy atom. The first-order chi connectivity index (χ1) is 11.6. The number of carbonyl (C=O) groups excluding carboxylic acids is 1. The molecule has 0 aliphatic carbocycles. The van der Waals surface area contributed by atoms with E-state index < -0.39 is 0 Å². The number of hydrogen-bond donors (Lipinski definition) is 0. The Bertz CT molecular complexity index is 643. The minimum atomic E-state index is -0.336. The van der Waals surface area contributed by atoms with Crippen molar-refractivity contribution in [3.63, 3.8) is 0 Å². The van der Waals surface area contributed by atoms with Crippen LogP contribution in [-0.2, 0) is 19.0 Å². The lowest BCUT2D eigenvalue weighted by Crippen LogP contribution is -2.42. The molecule has 0 saturated carbocycles. The maximum atomic E-state index is 13.3.